The molecule has 0 spiro atoms. The maximum atomic E-state index is 12.4. The van der Waals surface area contributed by atoms with E-state index in [0.717, 1.165) is 0 Å². The lowest BCUT2D eigenvalue weighted by atomic mass is 10.0. The van der Waals surface area contributed by atoms with Crippen molar-refractivity contribution in [2.24, 2.45) is 11.7 Å². The highest BCUT2D eigenvalue weighted by atomic mass is 35.5. The fraction of sp³-hybridized carbons (Fsp3) is 0.263. The van der Waals surface area contributed by atoms with E-state index in [0.29, 0.717) is 28.7 Å². The number of benzene rings is 2. The third-order valence-corrected chi connectivity index (χ3v) is 3.90. The summed E-state index contributed by atoms with van der Waals surface area (Å²) in [6, 6.07) is 13.2. The summed E-state index contributed by atoms with van der Waals surface area (Å²) in [5, 5.41) is 5.80. The number of halogens is 1. The lowest BCUT2D eigenvalue weighted by Gasteiger charge is -2.15. The van der Waals surface area contributed by atoms with E-state index < -0.39 is 6.04 Å². The summed E-state index contributed by atoms with van der Waals surface area (Å²) >= 11 is 6.13. The molecule has 0 saturated carbocycles. The van der Waals surface area contributed by atoms with Crippen LogP contribution in [0.2, 0.25) is 5.02 Å². The maximum absolute atomic E-state index is 12.4. The Balaban J connectivity index is 2.11. The van der Waals surface area contributed by atoms with Crippen LogP contribution in [0.15, 0.2) is 48.5 Å². The van der Waals surface area contributed by atoms with Crippen molar-refractivity contribution in [1.82, 2.24) is 0 Å². The summed E-state index contributed by atoms with van der Waals surface area (Å²) < 4.78 is 0. The van der Waals surface area contributed by atoms with Crippen LogP contribution in [0.5, 0.6) is 0 Å². The van der Waals surface area contributed by atoms with Crippen LogP contribution in [0.1, 0.15) is 30.6 Å². The van der Waals surface area contributed by atoms with Crippen molar-refractivity contribution < 1.29 is 9.59 Å². The highest BCUT2D eigenvalue weighted by molar-refractivity contribution is 6.34. The van der Waals surface area contributed by atoms with E-state index >= 15 is 0 Å². The van der Waals surface area contributed by atoms with Crippen LogP contribution in [0.3, 0.4) is 0 Å². The molecule has 1 atom stereocenters. The van der Waals surface area contributed by atoms with Crippen LogP contribution in [0.25, 0.3) is 0 Å². The second-order valence-corrected chi connectivity index (χ2v) is 6.65. The minimum Gasteiger partial charge on any atom is -0.325 e. The van der Waals surface area contributed by atoms with Gasteiger partial charge < -0.3 is 16.4 Å². The Morgan fingerprint density at radius 1 is 1.04 bits per heavy atom. The van der Waals surface area contributed by atoms with Gasteiger partial charge in [-0.2, -0.15) is 0 Å². The molecule has 2 aromatic carbocycles. The van der Waals surface area contributed by atoms with Gasteiger partial charge in [0.05, 0.1) is 16.6 Å². The Morgan fingerprint density at radius 2 is 1.72 bits per heavy atom. The van der Waals surface area contributed by atoms with E-state index in [2.05, 4.69) is 10.6 Å². The van der Waals surface area contributed by atoms with Crippen LogP contribution in [0.4, 0.5) is 11.4 Å². The van der Waals surface area contributed by atoms with Gasteiger partial charge in [-0.25, -0.2) is 0 Å². The van der Waals surface area contributed by atoms with E-state index in [1.165, 1.54) is 0 Å². The minimum absolute atomic E-state index is 0.278. The van der Waals surface area contributed by atoms with E-state index in [4.69, 9.17) is 17.3 Å². The van der Waals surface area contributed by atoms with Crippen LogP contribution >= 0.6 is 11.6 Å². The van der Waals surface area contributed by atoms with E-state index in [-0.39, 0.29) is 17.4 Å². The summed E-state index contributed by atoms with van der Waals surface area (Å²) in [4.78, 5) is 24.6. The molecule has 25 heavy (non-hydrogen) atoms. The van der Waals surface area contributed by atoms with E-state index in [1.54, 1.807) is 30.3 Å². The van der Waals surface area contributed by atoms with Crippen molar-refractivity contribution >= 4 is 34.8 Å². The number of rotatable bonds is 6. The summed E-state index contributed by atoms with van der Waals surface area (Å²) in [5.74, 6) is -0.317. The van der Waals surface area contributed by atoms with E-state index in [9.17, 15) is 9.59 Å². The molecular weight excluding hydrogens is 338 g/mol. The first-order valence-electron chi connectivity index (χ1n) is 8.09. The maximum Gasteiger partial charge on any atom is 0.257 e. The molecule has 0 fully saturated rings. The van der Waals surface area contributed by atoms with Gasteiger partial charge in [0.25, 0.3) is 5.91 Å². The van der Waals surface area contributed by atoms with Crippen LogP contribution < -0.4 is 16.4 Å². The molecule has 0 radical (unpaired) electrons. The molecule has 2 aromatic rings. The molecule has 4 N–H and O–H groups in total. The molecule has 6 heteroatoms. The first-order chi connectivity index (χ1) is 11.9. The number of hydrogen-bond acceptors (Lipinski definition) is 3. The summed E-state index contributed by atoms with van der Waals surface area (Å²) in [5.41, 5.74) is 7.30. The quantitative estimate of drug-likeness (QED) is 0.731. The summed E-state index contributed by atoms with van der Waals surface area (Å²) in [7, 11) is 0. The van der Waals surface area contributed by atoms with E-state index in [1.807, 2.05) is 32.0 Å². The predicted molar refractivity (Wildman–Crippen MR) is 102 cm³/mol. The number of amides is 2. The monoisotopic (exact) mass is 359 g/mol. The topological polar surface area (TPSA) is 84.2 Å². The fourth-order valence-electron chi connectivity index (χ4n) is 2.35. The molecule has 0 heterocycles. The Labute approximate surface area is 152 Å². The molecular formula is C19H22ClN3O2. The smallest absolute Gasteiger partial charge is 0.257 e. The number of hydrogen-bond donors (Lipinski definition) is 3. The lowest BCUT2D eigenvalue weighted by Crippen LogP contribution is -2.36. The molecule has 0 aliphatic heterocycles. The number of carbonyl (C=O) groups is 2. The average molecular weight is 360 g/mol. The second-order valence-electron chi connectivity index (χ2n) is 6.24. The fourth-order valence-corrected chi connectivity index (χ4v) is 2.55. The number of nitrogens with one attached hydrogen (secondary N) is 2. The Hall–Kier alpha value is -2.37. The minimum atomic E-state index is -0.600. The van der Waals surface area contributed by atoms with Gasteiger partial charge in [0.1, 0.15) is 0 Å². The van der Waals surface area contributed by atoms with Gasteiger partial charge in [-0.05, 0) is 42.7 Å². The standard InChI is InChI=1S/C19H22ClN3O2/c1-12(2)10-17(21)19(25)23-14-8-9-16(20)15(11-14)18(24)22-13-6-4-3-5-7-13/h3-9,11-12,17H,10,21H2,1-2H3,(H,22,24)(H,23,25)/t17-/m0/s1. The van der Waals surface area contributed by atoms with Crippen LogP contribution in [-0.4, -0.2) is 17.9 Å². The molecule has 0 aromatic heterocycles. The summed E-state index contributed by atoms with van der Waals surface area (Å²) in [6.07, 6.45) is 0.584. The second kappa shape index (κ2) is 8.65. The molecule has 0 aliphatic carbocycles. The molecule has 0 unspecified atom stereocenters. The van der Waals surface area contributed by atoms with Crippen LogP contribution in [-0.2, 0) is 4.79 Å². The third-order valence-electron chi connectivity index (χ3n) is 3.57. The van der Waals surface area contributed by atoms with Crippen LogP contribution in [0, 0.1) is 5.92 Å². The largest absolute Gasteiger partial charge is 0.325 e. The van der Waals surface area contributed by atoms with Gasteiger partial charge in [-0.15, -0.1) is 0 Å². The zero-order valence-electron chi connectivity index (χ0n) is 14.3. The van der Waals surface area contributed by atoms with Gasteiger partial charge in [0, 0.05) is 11.4 Å². The highest BCUT2D eigenvalue weighted by Crippen LogP contribution is 2.22. The SMILES string of the molecule is CC(C)C[C@H](N)C(=O)Nc1ccc(Cl)c(C(=O)Nc2ccccc2)c1. The van der Waals surface area contributed by atoms with Crippen molar-refractivity contribution in [3.8, 4) is 0 Å². The zero-order valence-corrected chi connectivity index (χ0v) is 15.0. The molecule has 132 valence electrons. The van der Waals surface area contributed by atoms with Crippen molar-refractivity contribution in [2.75, 3.05) is 10.6 Å². The summed E-state index contributed by atoms with van der Waals surface area (Å²) in [6.45, 7) is 4.00. The average Bonchev–Trinajstić information content (AvgIpc) is 2.56. The number of para-hydroxylation sites is 1. The molecule has 2 amide bonds. The molecule has 5 nitrogen and oxygen atoms in total. The molecule has 0 aliphatic rings. The van der Waals surface area contributed by atoms with Crippen molar-refractivity contribution in [1.29, 1.82) is 0 Å². The van der Waals surface area contributed by atoms with Gasteiger partial charge >= 0.3 is 0 Å². The molecule has 0 bridgehead atoms. The Bertz CT molecular complexity index is 748. The first-order valence-corrected chi connectivity index (χ1v) is 8.47. The van der Waals surface area contributed by atoms with Gasteiger partial charge in [-0.3, -0.25) is 9.59 Å². The molecule has 0 saturated heterocycles. The number of anilines is 2. The third kappa shape index (κ3) is 5.59. The van der Waals surface area contributed by atoms with Gasteiger partial charge in [0.2, 0.25) is 5.91 Å². The van der Waals surface area contributed by atoms with Crippen molar-refractivity contribution in [2.45, 2.75) is 26.3 Å². The predicted octanol–water partition coefficient (Wildman–Crippen LogP) is 3.90. The Kier molecular flexibility index (Phi) is 6.56. The van der Waals surface area contributed by atoms with Gasteiger partial charge in [-0.1, -0.05) is 43.6 Å². The zero-order chi connectivity index (χ0) is 18.4. The lowest BCUT2D eigenvalue weighted by molar-refractivity contribution is -0.117. The van der Waals surface area contributed by atoms with Crippen molar-refractivity contribution in [3.05, 3.63) is 59.1 Å². The van der Waals surface area contributed by atoms with Gasteiger partial charge in [0.15, 0.2) is 0 Å². The highest BCUT2D eigenvalue weighted by Gasteiger charge is 2.17. The normalized spacial score (nSPS) is 11.9. The van der Waals surface area contributed by atoms with Crippen molar-refractivity contribution in [3.63, 3.8) is 0 Å². The molecule has 2 rings (SSSR count). The first kappa shape index (κ1) is 19.0. The number of nitrogens with two attached hydrogens (primary N) is 1. The number of carbonyl (C=O) groups excluding carboxylic acids is 2. The Morgan fingerprint density at radius 3 is 2.36 bits per heavy atom.